The molecular formula is C24H31N3O3. The van der Waals surface area contributed by atoms with Crippen molar-refractivity contribution in [1.29, 1.82) is 0 Å². The minimum atomic E-state index is -0.291. The van der Waals surface area contributed by atoms with Crippen LogP contribution < -0.4 is 14.9 Å². The first-order valence-corrected chi connectivity index (χ1v) is 10.4. The first-order valence-electron chi connectivity index (χ1n) is 10.4. The van der Waals surface area contributed by atoms with E-state index >= 15 is 0 Å². The molecule has 1 saturated heterocycles. The fourth-order valence-corrected chi connectivity index (χ4v) is 3.56. The van der Waals surface area contributed by atoms with Crippen LogP contribution in [-0.2, 0) is 11.3 Å². The van der Waals surface area contributed by atoms with E-state index in [1.54, 1.807) is 7.11 Å². The Morgan fingerprint density at radius 1 is 1.10 bits per heavy atom. The van der Waals surface area contributed by atoms with Crippen LogP contribution in [0.25, 0.3) is 0 Å². The highest BCUT2D eigenvalue weighted by atomic mass is 16.5. The predicted molar refractivity (Wildman–Crippen MR) is 119 cm³/mol. The van der Waals surface area contributed by atoms with E-state index in [0.717, 1.165) is 53.3 Å². The van der Waals surface area contributed by atoms with Gasteiger partial charge in [0, 0.05) is 12.1 Å². The lowest BCUT2D eigenvalue weighted by Gasteiger charge is -2.17. The number of hydrogen-bond donors (Lipinski definition) is 1. The van der Waals surface area contributed by atoms with Crippen molar-refractivity contribution in [3.63, 3.8) is 0 Å². The maximum Gasteiger partial charge on any atom is 0.277 e. The molecule has 0 atom stereocenters. The van der Waals surface area contributed by atoms with Crippen molar-refractivity contribution in [3.05, 3.63) is 58.7 Å². The predicted octanol–water partition coefficient (Wildman–Crippen LogP) is 3.83. The lowest BCUT2D eigenvalue weighted by molar-refractivity contribution is -0.123. The van der Waals surface area contributed by atoms with Crippen LogP contribution in [0.15, 0.2) is 41.5 Å². The summed E-state index contributed by atoms with van der Waals surface area (Å²) in [6.07, 6.45) is 2.50. The number of likely N-dealkylation sites (tertiary alicyclic amines) is 1. The number of aryl methyl sites for hydroxylation is 2. The monoisotopic (exact) mass is 409 g/mol. The molecule has 160 valence electrons. The maximum absolute atomic E-state index is 12.2. The van der Waals surface area contributed by atoms with E-state index in [0.29, 0.717) is 5.75 Å². The van der Waals surface area contributed by atoms with E-state index in [2.05, 4.69) is 21.5 Å². The van der Waals surface area contributed by atoms with Crippen molar-refractivity contribution in [1.82, 2.24) is 10.3 Å². The molecule has 1 N–H and O–H groups in total. The topological polar surface area (TPSA) is 63.2 Å². The molecule has 2 aromatic rings. The summed E-state index contributed by atoms with van der Waals surface area (Å²) in [6, 6.07) is 11.9. The Hall–Kier alpha value is -2.86. The van der Waals surface area contributed by atoms with Crippen molar-refractivity contribution in [3.8, 4) is 11.5 Å². The fourth-order valence-electron chi connectivity index (χ4n) is 3.56. The van der Waals surface area contributed by atoms with E-state index in [-0.39, 0.29) is 12.5 Å². The Kier molecular flexibility index (Phi) is 7.46. The second kappa shape index (κ2) is 10.3. The van der Waals surface area contributed by atoms with Gasteiger partial charge in [-0.15, -0.1) is 0 Å². The van der Waals surface area contributed by atoms with Gasteiger partial charge in [0.15, 0.2) is 6.61 Å². The standard InChI is InChI=1S/C24H31N3O3/c1-17-7-8-18(2)23(13-17)30-16-24(28)26-25-19(3)20-9-10-22(29-4)21(14-20)15-27-11-5-6-12-27/h7-10,13-14H,5-6,11-12,15-16H2,1-4H3,(H,26,28)/b25-19-. The van der Waals surface area contributed by atoms with Crippen LogP contribution in [0.5, 0.6) is 11.5 Å². The molecule has 0 bridgehead atoms. The zero-order valence-electron chi connectivity index (χ0n) is 18.3. The molecule has 30 heavy (non-hydrogen) atoms. The number of ether oxygens (including phenoxy) is 2. The number of methoxy groups -OCH3 is 1. The van der Waals surface area contributed by atoms with E-state index in [1.807, 2.05) is 51.1 Å². The van der Waals surface area contributed by atoms with Gasteiger partial charge in [-0.05, 0) is 87.7 Å². The van der Waals surface area contributed by atoms with Gasteiger partial charge in [0.25, 0.3) is 5.91 Å². The summed E-state index contributed by atoms with van der Waals surface area (Å²) in [6.45, 7) is 8.86. The number of hydrazone groups is 1. The molecule has 0 aliphatic carbocycles. The van der Waals surface area contributed by atoms with Gasteiger partial charge in [-0.25, -0.2) is 5.43 Å². The molecule has 2 aromatic carbocycles. The fraction of sp³-hybridized carbons (Fsp3) is 0.417. The Morgan fingerprint density at radius 2 is 1.87 bits per heavy atom. The average Bonchev–Trinajstić information content (AvgIpc) is 3.25. The lowest BCUT2D eigenvalue weighted by Crippen LogP contribution is -2.25. The molecule has 0 saturated carbocycles. The van der Waals surface area contributed by atoms with E-state index in [9.17, 15) is 4.79 Å². The molecule has 1 amide bonds. The molecule has 1 fully saturated rings. The van der Waals surface area contributed by atoms with Gasteiger partial charge < -0.3 is 9.47 Å². The normalized spacial score (nSPS) is 14.6. The first-order chi connectivity index (χ1) is 14.5. The van der Waals surface area contributed by atoms with Gasteiger partial charge in [0.2, 0.25) is 0 Å². The third-order valence-electron chi connectivity index (χ3n) is 5.34. The molecule has 0 radical (unpaired) electrons. The molecule has 0 unspecified atom stereocenters. The van der Waals surface area contributed by atoms with Crippen molar-refractivity contribution in [2.75, 3.05) is 26.8 Å². The molecule has 0 spiro atoms. The number of carbonyl (C=O) groups excluding carboxylic acids is 1. The lowest BCUT2D eigenvalue weighted by atomic mass is 10.1. The van der Waals surface area contributed by atoms with Crippen molar-refractivity contribution in [2.24, 2.45) is 5.10 Å². The number of rotatable bonds is 8. The molecule has 6 nitrogen and oxygen atoms in total. The van der Waals surface area contributed by atoms with Crippen molar-refractivity contribution in [2.45, 2.75) is 40.2 Å². The van der Waals surface area contributed by atoms with Gasteiger partial charge in [-0.2, -0.15) is 5.10 Å². The molecule has 6 heteroatoms. The third kappa shape index (κ3) is 5.83. The second-order valence-electron chi connectivity index (χ2n) is 7.80. The average molecular weight is 410 g/mol. The summed E-state index contributed by atoms with van der Waals surface area (Å²) >= 11 is 0. The van der Waals surface area contributed by atoms with Crippen LogP contribution in [0.3, 0.4) is 0 Å². The van der Waals surface area contributed by atoms with Gasteiger partial charge in [-0.1, -0.05) is 12.1 Å². The summed E-state index contributed by atoms with van der Waals surface area (Å²) in [4.78, 5) is 14.6. The van der Waals surface area contributed by atoms with Gasteiger partial charge >= 0.3 is 0 Å². The zero-order chi connectivity index (χ0) is 21.5. The number of benzene rings is 2. The van der Waals surface area contributed by atoms with Crippen LogP contribution in [0, 0.1) is 13.8 Å². The largest absolute Gasteiger partial charge is 0.496 e. The summed E-state index contributed by atoms with van der Waals surface area (Å²) in [5.41, 5.74) is 7.51. The third-order valence-corrected chi connectivity index (χ3v) is 5.34. The number of nitrogens with one attached hydrogen (secondary N) is 1. The summed E-state index contributed by atoms with van der Waals surface area (Å²) in [7, 11) is 1.69. The van der Waals surface area contributed by atoms with Gasteiger partial charge in [0.1, 0.15) is 11.5 Å². The quantitative estimate of drug-likeness (QED) is 0.532. The SMILES string of the molecule is COc1ccc(/C(C)=N\NC(=O)COc2cc(C)ccc2C)cc1CN1CCCC1. The summed E-state index contributed by atoms with van der Waals surface area (Å²) in [5.74, 6) is 1.30. The van der Waals surface area contributed by atoms with Crippen LogP contribution in [0.2, 0.25) is 0 Å². The van der Waals surface area contributed by atoms with Crippen molar-refractivity contribution >= 4 is 11.6 Å². The van der Waals surface area contributed by atoms with Gasteiger partial charge in [-0.3, -0.25) is 9.69 Å². The molecule has 1 aliphatic rings. The minimum Gasteiger partial charge on any atom is -0.496 e. The number of carbonyl (C=O) groups is 1. The second-order valence-corrected chi connectivity index (χ2v) is 7.80. The Bertz CT molecular complexity index is 918. The first kappa shape index (κ1) is 21.8. The minimum absolute atomic E-state index is 0.0795. The Balaban J connectivity index is 1.61. The van der Waals surface area contributed by atoms with Gasteiger partial charge in [0.05, 0.1) is 12.8 Å². The molecule has 3 rings (SSSR count). The van der Waals surface area contributed by atoms with Crippen molar-refractivity contribution < 1.29 is 14.3 Å². The smallest absolute Gasteiger partial charge is 0.277 e. The van der Waals surface area contributed by atoms with E-state index < -0.39 is 0 Å². The molecular weight excluding hydrogens is 378 g/mol. The number of amides is 1. The molecule has 0 aromatic heterocycles. The molecule has 1 aliphatic heterocycles. The van der Waals surface area contributed by atoms with Crippen LogP contribution >= 0.6 is 0 Å². The van der Waals surface area contributed by atoms with Crippen LogP contribution in [0.1, 0.15) is 42.0 Å². The Labute approximate surface area is 178 Å². The number of hydrogen-bond acceptors (Lipinski definition) is 5. The highest BCUT2D eigenvalue weighted by Crippen LogP contribution is 2.24. The Morgan fingerprint density at radius 3 is 2.60 bits per heavy atom. The zero-order valence-corrected chi connectivity index (χ0v) is 18.3. The highest BCUT2D eigenvalue weighted by Gasteiger charge is 2.15. The summed E-state index contributed by atoms with van der Waals surface area (Å²) < 4.78 is 11.2. The van der Waals surface area contributed by atoms with E-state index in [4.69, 9.17) is 9.47 Å². The van der Waals surface area contributed by atoms with Crippen LogP contribution in [0.4, 0.5) is 0 Å². The van der Waals surface area contributed by atoms with Crippen LogP contribution in [-0.4, -0.2) is 43.3 Å². The summed E-state index contributed by atoms with van der Waals surface area (Å²) in [5, 5.41) is 4.26. The highest BCUT2D eigenvalue weighted by molar-refractivity contribution is 5.99. The number of nitrogens with zero attached hydrogens (tertiary/aromatic N) is 2. The maximum atomic E-state index is 12.2. The molecule has 1 heterocycles. The van der Waals surface area contributed by atoms with E-state index in [1.165, 1.54) is 12.8 Å².